The van der Waals surface area contributed by atoms with Crippen molar-refractivity contribution in [1.29, 1.82) is 0 Å². The molecule has 0 aliphatic heterocycles. The van der Waals surface area contributed by atoms with Gasteiger partial charge in [0.25, 0.3) is 0 Å². The van der Waals surface area contributed by atoms with Crippen LogP contribution in [0.5, 0.6) is 0 Å². The van der Waals surface area contributed by atoms with Crippen molar-refractivity contribution in [2.75, 3.05) is 0 Å². The summed E-state index contributed by atoms with van der Waals surface area (Å²) in [4.78, 5) is 20.5. The fourth-order valence-corrected chi connectivity index (χ4v) is 7.21. The summed E-state index contributed by atoms with van der Waals surface area (Å²) in [5.74, 6) is 0.723. The Bertz CT molecular complexity index is 2940. The van der Waals surface area contributed by atoms with Crippen molar-refractivity contribution in [2.45, 2.75) is 0 Å². The Morgan fingerprint density at radius 2 is 0.904 bits per heavy atom. The van der Waals surface area contributed by atoms with Crippen LogP contribution in [0.15, 0.2) is 182 Å². The molecule has 0 saturated carbocycles. The minimum absolute atomic E-state index is 0.723. The number of fused-ring (bicyclic) bond motifs is 5. The van der Waals surface area contributed by atoms with Gasteiger partial charge in [-0.15, -0.1) is 0 Å². The van der Waals surface area contributed by atoms with Gasteiger partial charge in [0, 0.05) is 38.4 Å². The Morgan fingerprint density at radius 3 is 1.63 bits per heavy atom. The zero-order valence-corrected chi connectivity index (χ0v) is 28.1. The zero-order valence-electron chi connectivity index (χ0n) is 28.1. The van der Waals surface area contributed by atoms with Gasteiger partial charge in [-0.1, -0.05) is 152 Å². The van der Waals surface area contributed by atoms with Gasteiger partial charge in [0.1, 0.15) is 0 Å². The van der Waals surface area contributed by atoms with Crippen LogP contribution in [0.1, 0.15) is 0 Å². The van der Waals surface area contributed by atoms with Gasteiger partial charge < -0.3 is 0 Å². The largest absolute Gasteiger partial charge is 0.245 e. The second kappa shape index (κ2) is 12.4. The first-order valence-corrected chi connectivity index (χ1v) is 17.5. The SMILES string of the molecule is c1ccc(-c2ccc3ccc4ccc(-c5cccc6cc(-c7ccc8nc(-c9ccccc9)nc(-c9ccccc9)c8c7)ccc56)nc4c3n2)cc1. The normalized spacial score (nSPS) is 11.5. The van der Waals surface area contributed by atoms with Gasteiger partial charge in [-0.3, -0.25) is 0 Å². The molecule has 0 atom stereocenters. The van der Waals surface area contributed by atoms with Crippen LogP contribution in [0.2, 0.25) is 0 Å². The van der Waals surface area contributed by atoms with Crippen molar-refractivity contribution in [3.8, 4) is 56.3 Å². The van der Waals surface area contributed by atoms with Gasteiger partial charge >= 0.3 is 0 Å². The first-order valence-electron chi connectivity index (χ1n) is 17.5. The minimum Gasteiger partial charge on any atom is -0.245 e. The van der Waals surface area contributed by atoms with Crippen LogP contribution in [-0.2, 0) is 0 Å². The molecule has 0 aliphatic carbocycles. The van der Waals surface area contributed by atoms with E-state index in [9.17, 15) is 0 Å². The average molecular weight is 663 g/mol. The van der Waals surface area contributed by atoms with Gasteiger partial charge in [-0.05, 0) is 52.2 Å². The number of hydrogen-bond acceptors (Lipinski definition) is 4. The van der Waals surface area contributed by atoms with Crippen LogP contribution < -0.4 is 0 Å². The zero-order chi connectivity index (χ0) is 34.4. The molecule has 0 bridgehead atoms. The van der Waals surface area contributed by atoms with Gasteiger partial charge in [-0.2, -0.15) is 0 Å². The highest BCUT2D eigenvalue weighted by atomic mass is 14.9. The monoisotopic (exact) mass is 662 g/mol. The summed E-state index contributed by atoms with van der Waals surface area (Å²) in [6.45, 7) is 0. The molecule has 4 heteroatoms. The Balaban J connectivity index is 1.07. The fourth-order valence-electron chi connectivity index (χ4n) is 7.21. The highest BCUT2D eigenvalue weighted by molar-refractivity contribution is 6.06. The molecule has 0 unspecified atom stereocenters. The highest BCUT2D eigenvalue weighted by Crippen LogP contribution is 2.36. The molecule has 0 spiro atoms. The van der Waals surface area contributed by atoms with Crippen LogP contribution >= 0.6 is 0 Å². The molecule has 10 rings (SSSR count). The Morgan fingerprint density at radius 1 is 0.308 bits per heavy atom. The lowest BCUT2D eigenvalue weighted by atomic mass is 9.95. The van der Waals surface area contributed by atoms with Crippen molar-refractivity contribution < 1.29 is 0 Å². The predicted molar refractivity (Wildman–Crippen MR) is 215 cm³/mol. The Kier molecular flexibility index (Phi) is 7.10. The summed E-state index contributed by atoms with van der Waals surface area (Å²) in [5.41, 5.74) is 12.0. The van der Waals surface area contributed by atoms with Crippen LogP contribution in [0, 0.1) is 0 Å². The maximum absolute atomic E-state index is 5.26. The lowest BCUT2D eigenvalue weighted by molar-refractivity contribution is 1.23. The third-order valence-electron chi connectivity index (χ3n) is 9.85. The van der Waals surface area contributed by atoms with Crippen molar-refractivity contribution in [3.05, 3.63) is 182 Å². The first kappa shape index (κ1) is 29.8. The van der Waals surface area contributed by atoms with Crippen LogP contribution in [0.4, 0.5) is 0 Å². The maximum atomic E-state index is 5.26. The van der Waals surface area contributed by atoms with Crippen LogP contribution in [0.25, 0.3) is 99.8 Å². The minimum atomic E-state index is 0.723. The molecule has 3 aromatic heterocycles. The van der Waals surface area contributed by atoms with E-state index in [0.717, 1.165) is 99.8 Å². The van der Waals surface area contributed by atoms with Crippen LogP contribution in [-0.4, -0.2) is 19.9 Å². The summed E-state index contributed by atoms with van der Waals surface area (Å²) in [7, 11) is 0. The summed E-state index contributed by atoms with van der Waals surface area (Å²) in [6, 6.07) is 63.3. The van der Waals surface area contributed by atoms with E-state index >= 15 is 0 Å². The number of nitrogens with zero attached hydrogens (tertiary/aromatic N) is 4. The molecular formula is C48H30N4. The Hall–Kier alpha value is -7.04. The molecule has 0 fully saturated rings. The molecule has 4 nitrogen and oxygen atoms in total. The van der Waals surface area contributed by atoms with E-state index in [-0.39, 0.29) is 0 Å². The third kappa shape index (κ3) is 5.26. The summed E-state index contributed by atoms with van der Waals surface area (Å²) in [5, 5.41) is 5.47. The quantitative estimate of drug-likeness (QED) is 0.172. The predicted octanol–water partition coefficient (Wildman–Crippen LogP) is 12.2. The number of rotatable bonds is 5. The van der Waals surface area contributed by atoms with Gasteiger partial charge in [0.2, 0.25) is 0 Å². The second-order valence-corrected chi connectivity index (χ2v) is 13.1. The van der Waals surface area contributed by atoms with Gasteiger partial charge in [0.05, 0.1) is 33.6 Å². The van der Waals surface area contributed by atoms with E-state index in [4.69, 9.17) is 19.9 Å². The number of benzene rings is 7. The van der Waals surface area contributed by atoms with E-state index in [1.165, 1.54) is 0 Å². The first-order chi connectivity index (χ1) is 25.7. The van der Waals surface area contributed by atoms with Crippen molar-refractivity contribution in [1.82, 2.24) is 19.9 Å². The van der Waals surface area contributed by atoms with E-state index in [1.54, 1.807) is 0 Å². The number of aromatic nitrogens is 4. The van der Waals surface area contributed by atoms with Crippen LogP contribution in [0.3, 0.4) is 0 Å². The topological polar surface area (TPSA) is 51.6 Å². The molecule has 3 heterocycles. The summed E-state index contributed by atoms with van der Waals surface area (Å²) in [6.07, 6.45) is 0. The molecule has 0 radical (unpaired) electrons. The Labute approximate surface area is 300 Å². The smallest absolute Gasteiger partial charge is 0.160 e. The molecule has 0 aliphatic rings. The highest BCUT2D eigenvalue weighted by Gasteiger charge is 2.15. The fraction of sp³-hybridized carbons (Fsp3) is 0. The van der Waals surface area contributed by atoms with Crippen molar-refractivity contribution >= 4 is 43.5 Å². The molecular weight excluding hydrogens is 633 g/mol. The van der Waals surface area contributed by atoms with E-state index in [1.807, 2.05) is 42.5 Å². The lowest BCUT2D eigenvalue weighted by Gasteiger charge is -2.13. The average Bonchev–Trinajstić information content (AvgIpc) is 3.23. The molecule has 10 aromatic rings. The van der Waals surface area contributed by atoms with Gasteiger partial charge in [-0.25, -0.2) is 19.9 Å². The van der Waals surface area contributed by atoms with E-state index in [0.29, 0.717) is 0 Å². The van der Waals surface area contributed by atoms with Crippen molar-refractivity contribution in [2.24, 2.45) is 0 Å². The second-order valence-electron chi connectivity index (χ2n) is 13.1. The van der Waals surface area contributed by atoms with E-state index < -0.39 is 0 Å². The maximum Gasteiger partial charge on any atom is 0.160 e. The summed E-state index contributed by atoms with van der Waals surface area (Å²) < 4.78 is 0. The standard InChI is InChI=1S/C48H30N4/c1-4-11-31(12-5-1)42-26-22-33-19-20-34-23-27-43(50-47(34)46(33)49-42)40-18-10-17-38-29-36(21-25-39(38)40)37-24-28-44-41(30-37)45(32-13-6-2-7-14-32)52-48(51-44)35-15-8-3-9-16-35/h1-30H. The molecule has 0 amide bonds. The summed E-state index contributed by atoms with van der Waals surface area (Å²) >= 11 is 0. The van der Waals surface area contributed by atoms with E-state index in [2.05, 4.69) is 140 Å². The number of hydrogen-bond donors (Lipinski definition) is 0. The molecule has 0 N–H and O–H groups in total. The third-order valence-corrected chi connectivity index (χ3v) is 9.85. The molecule has 0 saturated heterocycles. The lowest BCUT2D eigenvalue weighted by Crippen LogP contribution is -1.95. The molecule has 7 aromatic carbocycles. The molecule has 242 valence electrons. The van der Waals surface area contributed by atoms with Gasteiger partial charge in [0.15, 0.2) is 5.82 Å². The molecule has 52 heavy (non-hydrogen) atoms. The number of pyridine rings is 2. The van der Waals surface area contributed by atoms with Crippen molar-refractivity contribution in [3.63, 3.8) is 0 Å².